The molecule has 0 amide bonds. The van der Waals surface area contributed by atoms with Crippen LogP contribution in [0.15, 0.2) is 30.3 Å². The Balaban J connectivity index is 1.68. The molecule has 0 aromatic heterocycles. The van der Waals surface area contributed by atoms with Crippen molar-refractivity contribution in [3.63, 3.8) is 0 Å². The first kappa shape index (κ1) is 12.6. The van der Waals surface area contributed by atoms with Gasteiger partial charge in [0.2, 0.25) is 0 Å². The van der Waals surface area contributed by atoms with Crippen molar-refractivity contribution in [2.75, 3.05) is 32.8 Å². The highest BCUT2D eigenvalue weighted by Crippen LogP contribution is 2.07. The van der Waals surface area contributed by atoms with Crippen molar-refractivity contribution < 1.29 is 4.74 Å². The summed E-state index contributed by atoms with van der Waals surface area (Å²) in [5, 5.41) is 0. The zero-order valence-electron chi connectivity index (χ0n) is 10.3. The van der Waals surface area contributed by atoms with Crippen LogP contribution in [0, 0.1) is 0 Å². The molecule has 2 rings (SSSR count). The Morgan fingerprint density at radius 2 is 2.12 bits per heavy atom. The molecule has 1 aromatic rings. The second kappa shape index (κ2) is 6.74. The van der Waals surface area contributed by atoms with Gasteiger partial charge in [0, 0.05) is 19.6 Å². The van der Waals surface area contributed by atoms with Crippen molar-refractivity contribution in [3.05, 3.63) is 35.9 Å². The molecule has 1 unspecified atom stereocenters. The van der Waals surface area contributed by atoms with Crippen molar-refractivity contribution in [2.24, 2.45) is 5.73 Å². The summed E-state index contributed by atoms with van der Waals surface area (Å²) < 4.78 is 5.56. The van der Waals surface area contributed by atoms with E-state index in [0.29, 0.717) is 6.54 Å². The van der Waals surface area contributed by atoms with Crippen molar-refractivity contribution >= 4 is 0 Å². The summed E-state index contributed by atoms with van der Waals surface area (Å²) in [7, 11) is 0. The summed E-state index contributed by atoms with van der Waals surface area (Å²) in [6, 6.07) is 10.7. The number of aryl methyl sites for hydroxylation is 1. The smallest absolute Gasteiger partial charge is 0.0824 e. The first-order valence-electron chi connectivity index (χ1n) is 6.46. The van der Waals surface area contributed by atoms with Gasteiger partial charge in [0.1, 0.15) is 0 Å². The van der Waals surface area contributed by atoms with Crippen molar-refractivity contribution in [2.45, 2.75) is 18.9 Å². The fraction of sp³-hybridized carbons (Fsp3) is 0.571. The molecule has 0 radical (unpaired) electrons. The maximum atomic E-state index is 5.63. The third-order valence-electron chi connectivity index (χ3n) is 3.27. The highest BCUT2D eigenvalue weighted by Gasteiger charge is 2.18. The van der Waals surface area contributed by atoms with Gasteiger partial charge in [-0.1, -0.05) is 30.3 Å². The van der Waals surface area contributed by atoms with Crippen LogP contribution >= 0.6 is 0 Å². The number of benzene rings is 1. The fourth-order valence-electron chi connectivity index (χ4n) is 2.28. The van der Waals surface area contributed by atoms with Crippen LogP contribution in [-0.4, -0.2) is 43.8 Å². The minimum absolute atomic E-state index is 0.237. The molecule has 0 bridgehead atoms. The second-order valence-electron chi connectivity index (χ2n) is 4.62. The minimum Gasteiger partial charge on any atom is -0.374 e. The predicted molar refractivity (Wildman–Crippen MR) is 70.0 cm³/mol. The Morgan fingerprint density at radius 3 is 2.88 bits per heavy atom. The predicted octanol–water partition coefficient (Wildman–Crippen LogP) is 1.28. The second-order valence-corrected chi connectivity index (χ2v) is 4.62. The van der Waals surface area contributed by atoms with Crippen molar-refractivity contribution in [1.82, 2.24) is 4.90 Å². The van der Waals surface area contributed by atoms with Gasteiger partial charge in [0.05, 0.1) is 12.7 Å². The van der Waals surface area contributed by atoms with E-state index < -0.39 is 0 Å². The molecule has 3 heteroatoms. The molecule has 2 N–H and O–H groups in total. The van der Waals surface area contributed by atoms with Gasteiger partial charge in [-0.05, 0) is 24.9 Å². The lowest BCUT2D eigenvalue weighted by Gasteiger charge is -2.32. The van der Waals surface area contributed by atoms with E-state index in [0.717, 1.165) is 32.7 Å². The Labute approximate surface area is 104 Å². The van der Waals surface area contributed by atoms with Gasteiger partial charge in [-0.15, -0.1) is 0 Å². The van der Waals surface area contributed by atoms with Crippen molar-refractivity contribution in [3.8, 4) is 0 Å². The van der Waals surface area contributed by atoms with E-state index in [4.69, 9.17) is 10.5 Å². The van der Waals surface area contributed by atoms with E-state index in [-0.39, 0.29) is 6.10 Å². The molecular formula is C14H22N2O. The van der Waals surface area contributed by atoms with Gasteiger partial charge in [-0.2, -0.15) is 0 Å². The molecule has 0 spiro atoms. The monoisotopic (exact) mass is 234 g/mol. The van der Waals surface area contributed by atoms with Crippen LogP contribution in [-0.2, 0) is 11.2 Å². The van der Waals surface area contributed by atoms with E-state index in [1.165, 1.54) is 12.0 Å². The highest BCUT2D eigenvalue weighted by molar-refractivity contribution is 5.14. The van der Waals surface area contributed by atoms with Gasteiger partial charge < -0.3 is 10.5 Å². The summed E-state index contributed by atoms with van der Waals surface area (Å²) in [6.45, 7) is 4.65. The zero-order valence-corrected chi connectivity index (χ0v) is 10.3. The largest absolute Gasteiger partial charge is 0.374 e. The van der Waals surface area contributed by atoms with E-state index >= 15 is 0 Å². The fourth-order valence-corrected chi connectivity index (χ4v) is 2.28. The van der Waals surface area contributed by atoms with Crippen LogP contribution in [0.4, 0.5) is 0 Å². The number of rotatable bonds is 5. The molecule has 1 fully saturated rings. The highest BCUT2D eigenvalue weighted by atomic mass is 16.5. The topological polar surface area (TPSA) is 38.5 Å². The number of morpholine rings is 1. The Morgan fingerprint density at radius 1 is 1.29 bits per heavy atom. The van der Waals surface area contributed by atoms with E-state index in [1.54, 1.807) is 0 Å². The number of nitrogens with zero attached hydrogens (tertiary/aromatic N) is 1. The molecule has 1 aliphatic heterocycles. The summed E-state index contributed by atoms with van der Waals surface area (Å²) in [5.74, 6) is 0. The van der Waals surface area contributed by atoms with Crippen LogP contribution in [0.5, 0.6) is 0 Å². The van der Waals surface area contributed by atoms with Gasteiger partial charge in [-0.3, -0.25) is 4.90 Å². The zero-order chi connectivity index (χ0) is 11.9. The summed E-state index contributed by atoms with van der Waals surface area (Å²) in [5.41, 5.74) is 7.06. The maximum Gasteiger partial charge on any atom is 0.0824 e. The SMILES string of the molecule is NCC1CN(CCCc2ccccc2)CCO1. The number of ether oxygens (including phenoxy) is 1. The molecular weight excluding hydrogens is 212 g/mol. The molecule has 94 valence electrons. The molecule has 3 nitrogen and oxygen atoms in total. The van der Waals surface area contributed by atoms with Gasteiger partial charge in [0.15, 0.2) is 0 Å². The summed E-state index contributed by atoms with van der Waals surface area (Å²) >= 11 is 0. The number of hydrogen-bond donors (Lipinski definition) is 1. The lowest BCUT2D eigenvalue weighted by Crippen LogP contribution is -2.45. The molecule has 0 aliphatic carbocycles. The molecule has 1 aromatic carbocycles. The van der Waals surface area contributed by atoms with E-state index in [2.05, 4.69) is 35.2 Å². The van der Waals surface area contributed by atoms with Gasteiger partial charge in [0.25, 0.3) is 0 Å². The first-order valence-corrected chi connectivity index (χ1v) is 6.46. The normalized spacial score (nSPS) is 21.6. The van der Waals surface area contributed by atoms with Crippen LogP contribution in [0.2, 0.25) is 0 Å². The lowest BCUT2D eigenvalue weighted by molar-refractivity contribution is -0.0233. The average Bonchev–Trinajstić information content (AvgIpc) is 2.40. The van der Waals surface area contributed by atoms with Crippen LogP contribution in [0.3, 0.4) is 0 Å². The minimum atomic E-state index is 0.237. The Kier molecular flexibility index (Phi) is 4.98. The summed E-state index contributed by atoms with van der Waals surface area (Å²) in [6.07, 6.45) is 2.60. The average molecular weight is 234 g/mol. The van der Waals surface area contributed by atoms with Crippen LogP contribution < -0.4 is 5.73 Å². The third-order valence-corrected chi connectivity index (χ3v) is 3.27. The van der Waals surface area contributed by atoms with Gasteiger partial charge in [-0.25, -0.2) is 0 Å². The lowest BCUT2D eigenvalue weighted by atomic mass is 10.1. The van der Waals surface area contributed by atoms with E-state index in [1.807, 2.05) is 0 Å². The Hall–Kier alpha value is -0.900. The number of hydrogen-bond acceptors (Lipinski definition) is 3. The molecule has 1 heterocycles. The van der Waals surface area contributed by atoms with E-state index in [9.17, 15) is 0 Å². The molecule has 1 aliphatic rings. The van der Waals surface area contributed by atoms with Crippen LogP contribution in [0.1, 0.15) is 12.0 Å². The molecule has 1 atom stereocenters. The first-order chi connectivity index (χ1) is 8.38. The quantitative estimate of drug-likeness (QED) is 0.834. The molecule has 1 saturated heterocycles. The van der Waals surface area contributed by atoms with Crippen molar-refractivity contribution in [1.29, 1.82) is 0 Å². The third kappa shape index (κ3) is 4.11. The molecule has 0 saturated carbocycles. The Bertz CT molecular complexity index is 315. The van der Waals surface area contributed by atoms with Gasteiger partial charge >= 0.3 is 0 Å². The summed E-state index contributed by atoms with van der Waals surface area (Å²) in [4.78, 5) is 2.46. The number of nitrogens with two attached hydrogens (primary N) is 1. The molecule has 17 heavy (non-hydrogen) atoms. The maximum absolute atomic E-state index is 5.63. The standard InChI is InChI=1S/C14H22N2O/c15-11-14-12-16(9-10-17-14)8-4-7-13-5-2-1-3-6-13/h1-3,5-6,14H,4,7-12,15H2. The van der Waals surface area contributed by atoms with Crippen LogP contribution in [0.25, 0.3) is 0 Å².